The zero-order valence-corrected chi connectivity index (χ0v) is 8.38. The minimum absolute atomic E-state index is 0.100. The summed E-state index contributed by atoms with van der Waals surface area (Å²) in [5.74, 6) is -0.372. The van der Waals surface area contributed by atoms with E-state index in [4.69, 9.17) is 5.73 Å². The second-order valence-electron chi connectivity index (χ2n) is 3.64. The molecule has 1 aliphatic rings. The maximum Gasteiger partial charge on any atom is 0.242 e. The van der Waals surface area contributed by atoms with Gasteiger partial charge in [0, 0.05) is 6.54 Å². The molecule has 14 heavy (non-hydrogen) atoms. The fourth-order valence-corrected chi connectivity index (χ4v) is 1.38. The van der Waals surface area contributed by atoms with E-state index in [2.05, 4.69) is 10.6 Å². The molecule has 2 atom stereocenters. The lowest BCUT2D eigenvalue weighted by molar-refractivity contribution is -0.129. The Kier molecular flexibility index (Phi) is 3.88. The van der Waals surface area contributed by atoms with E-state index in [-0.39, 0.29) is 11.8 Å². The number of hydrogen-bond acceptors (Lipinski definition) is 3. The minimum atomic E-state index is -0.564. The molecular weight excluding hydrogens is 182 g/mol. The number of nitrogens with two attached hydrogens (primary N) is 1. The van der Waals surface area contributed by atoms with Gasteiger partial charge in [-0.15, -0.1) is 0 Å². The Hall–Kier alpha value is -1.10. The Morgan fingerprint density at radius 1 is 1.64 bits per heavy atom. The van der Waals surface area contributed by atoms with E-state index in [0.717, 1.165) is 12.8 Å². The molecule has 2 amide bonds. The maximum absolute atomic E-state index is 11.4. The van der Waals surface area contributed by atoms with Crippen LogP contribution in [0, 0.1) is 0 Å². The predicted molar refractivity (Wildman–Crippen MR) is 52.4 cm³/mol. The standard InChI is InChI=1S/C9H17N3O2/c1-6(10)8(13)12-7-4-2-3-5-11-9(7)14/h6-7H,2-5,10H2,1H3,(H,11,14)(H,12,13)/t6?,7-/m0/s1. The maximum atomic E-state index is 11.4. The van der Waals surface area contributed by atoms with Crippen molar-refractivity contribution in [2.75, 3.05) is 6.54 Å². The van der Waals surface area contributed by atoms with Gasteiger partial charge in [-0.2, -0.15) is 0 Å². The molecule has 1 heterocycles. The first-order chi connectivity index (χ1) is 6.61. The van der Waals surface area contributed by atoms with E-state index >= 15 is 0 Å². The van der Waals surface area contributed by atoms with Gasteiger partial charge in [-0.3, -0.25) is 9.59 Å². The van der Waals surface area contributed by atoms with Gasteiger partial charge in [-0.25, -0.2) is 0 Å². The highest BCUT2D eigenvalue weighted by molar-refractivity contribution is 5.89. The molecule has 0 aromatic rings. The Morgan fingerprint density at radius 3 is 3.00 bits per heavy atom. The van der Waals surface area contributed by atoms with Gasteiger partial charge in [0.1, 0.15) is 6.04 Å². The minimum Gasteiger partial charge on any atom is -0.354 e. The molecule has 1 rings (SSSR count). The molecule has 0 aliphatic carbocycles. The highest BCUT2D eigenvalue weighted by Crippen LogP contribution is 2.05. The number of nitrogens with one attached hydrogen (secondary N) is 2. The SMILES string of the molecule is CC(N)C(=O)N[C@H]1CCCCNC1=O. The molecule has 5 heteroatoms. The highest BCUT2D eigenvalue weighted by Gasteiger charge is 2.23. The summed E-state index contributed by atoms with van der Waals surface area (Å²) in [6.45, 7) is 2.30. The summed E-state index contributed by atoms with van der Waals surface area (Å²) in [7, 11) is 0. The highest BCUT2D eigenvalue weighted by atomic mass is 16.2. The quantitative estimate of drug-likeness (QED) is 0.540. The summed E-state index contributed by atoms with van der Waals surface area (Å²) < 4.78 is 0. The van der Waals surface area contributed by atoms with Crippen LogP contribution >= 0.6 is 0 Å². The molecule has 1 unspecified atom stereocenters. The van der Waals surface area contributed by atoms with E-state index in [0.29, 0.717) is 13.0 Å². The normalized spacial score (nSPS) is 24.7. The Balaban J connectivity index is 2.48. The van der Waals surface area contributed by atoms with Crippen LogP contribution in [0.5, 0.6) is 0 Å². The first-order valence-corrected chi connectivity index (χ1v) is 4.95. The van der Waals surface area contributed by atoms with Crippen molar-refractivity contribution < 1.29 is 9.59 Å². The van der Waals surface area contributed by atoms with Crippen molar-refractivity contribution in [2.24, 2.45) is 5.73 Å². The number of hydrogen-bond donors (Lipinski definition) is 3. The molecule has 1 aliphatic heterocycles. The molecule has 5 nitrogen and oxygen atoms in total. The van der Waals surface area contributed by atoms with Crippen LogP contribution in [-0.4, -0.2) is 30.4 Å². The zero-order chi connectivity index (χ0) is 10.6. The van der Waals surface area contributed by atoms with E-state index in [1.165, 1.54) is 0 Å². The molecule has 1 saturated heterocycles. The van der Waals surface area contributed by atoms with Gasteiger partial charge < -0.3 is 16.4 Å². The van der Waals surface area contributed by atoms with Crippen LogP contribution in [0.3, 0.4) is 0 Å². The second-order valence-corrected chi connectivity index (χ2v) is 3.64. The molecule has 0 aromatic heterocycles. The van der Waals surface area contributed by atoms with Crippen LogP contribution < -0.4 is 16.4 Å². The molecule has 0 saturated carbocycles. The third-order valence-electron chi connectivity index (χ3n) is 2.27. The number of carbonyl (C=O) groups excluding carboxylic acids is 2. The monoisotopic (exact) mass is 199 g/mol. The average Bonchev–Trinajstić information content (AvgIpc) is 2.32. The van der Waals surface area contributed by atoms with Crippen LogP contribution in [0.4, 0.5) is 0 Å². The molecule has 80 valence electrons. The summed E-state index contributed by atoms with van der Waals surface area (Å²) in [4.78, 5) is 22.7. The molecule has 0 radical (unpaired) electrons. The molecular formula is C9H17N3O2. The van der Waals surface area contributed by atoms with E-state index in [1.54, 1.807) is 6.92 Å². The first kappa shape index (κ1) is 11.0. The predicted octanol–water partition coefficient (Wildman–Crippen LogP) is -0.881. The van der Waals surface area contributed by atoms with Crippen LogP contribution in [0.1, 0.15) is 26.2 Å². The van der Waals surface area contributed by atoms with Crippen molar-refractivity contribution in [3.8, 4) is 0 Å². The average molecular weight is 199 g/mol. The molecule has 0 aromatic carbocycles. The van der Waals surface area contributed by atoms with E-state index in [9.17, 15) is 9.59 Å². The van der Waals surface area contributed by atoms with E-state index in [1.807, 2.05) is 0 Å². The molecule has 0 spiro atoms. The zero-order valence-electron chi connectivity index (χ0n) is 8.38. The van der Waals surface area contributed by atoms with E-state index < -0.39 is 12.1 Å². The number of carbonyl (C=O) groups is 2. The summed E-state index contributed by atoms with van der Waals surface area (Å²) in [6.07, 6.45) is 2.61. The fourth-order valence-electron chi connectivity index (χ4n) is 1.38. The smallest absolute Gasteiger partial charge is 0.242 e. The van der Waals surface area contributed by atoms with Crippen molar-refractivity contribution >= 4 is 11.8 Å². The van der Waals surface area contributed by atoms with Gasteiger partial charge in [0.25, 0.3) is 0 Å². The lowest BCUT2D eigenvalue weighted by Gasteiger charge is -2.16. The topological polar surface area (TPSA) is 84.2 Å². The second kappa shape index (κ2) is 4.95. The van der Waals surface area contributed by atoms with Crippen LogP contribution in [-0.2, 0) is 9.59 Å². The molecule has 0 bridgehead atoms. The van der Waals surface area contributed by atoms with Crippen LogP contribution in [0.25, 0.3) is 0 Å². The lowest BCUT2D eigenvalue weighted by Crippen LogP contribution is -2.50. The summed E-state index contributed by atoms with van der Waals surface area (Å²) in [5.41, 5.74) is 5.39. The van der Waals surface area contributed by atoms with Crippen molar-refractivity contribution in [2.45, 2.75) is 38.3 Å². The van der Waals surface area contributed by atoms with Gasteiger partial charge >= 0.3 is 0 Å². The van der Waals surface area contributed by atoms with Crippen molar-refractivity contribution in [3.63, 3.8) is 0 Å². The largest absolute Gasteiger partial charge is 0.354 e. The van der Waals surface area contributed by atoms with Gasteiger partial charge in [0.05, 0.1) is 6.04 Å². The molecule has 1 fully saturated rings. The number of rotatable bonds is 2. The van der Waals surface area contributed by atoms with Crippen molar-refractivity contribution in [1.29, 1.82) is 0 Å². The number of amides is 2. The summed E-state index contributed by atoms with van der Waals surface area (Å²) in [6, 6.07) is -0.970. The van der Waals surface area contributed by atoms with Gasteiger partial charge in [0.15, 0.2) is 0 Å². The third-order valence-corrected chi connectivity index (χ3v) is 2.27. The van der Waals surface area contributed by atoms with Gasteiger partial charge in [-0.1, -0.05) is 0 Å². The molecule has 4 N–H and O–H groups in total. The third kappa shape index (κ3) is 2.99. The van der Waals surface area contributed by atoms with Crippen molar-refractivity contribution in [3.05, 3.63) is 0 Å². The Labute approximate surface area is 83.4 Å². The lowest BCUT2D eigenvalue weighted by atomic mass is 10.1. The van der Waals surface area contributed by atoms with Crippen LogP contribution in [0.15, 0.2) is 0 Å². The fraction of sp³-hybridized carbons (Fsp3) is 0.778. The summed E-state index contributed by atoms with van der Waals surface area (Å²) in [5, 5.41) is 5.38. The van der Waals surface area contributed by atoms with Crippen LogP contribution in [0.2, 0.25) is 0 Å². The van der Waals surface area contributed by atoms with Gasteiger partial charge in [0.2, 0.25) is 11.8 Å². The summed E-state index contributed by atoms with van der Waals surface area (Å²) >= 11 is 0. The van der Waals surface area contributed by atoms with Crippen molar-refractivity contribution in [1.82, 2.24) is 10.6 Å². The first-order valence-electron chi connectivity index (χ1n) is 4.95. The Morgan fingerprint density at radius 2 is 2.36 bits per heavy atom. The Bertz CT molecular complexity index is 228. The van der Waals surface area contributed by atoms with Gasteiger partial charge in [-0.05, 0) is 26.2 Å².